The van der Waals surface area contributed by atoms with Crippen LogP contribution in [0.3, 0.4) is 0 Å². The van der Waals surface area contributed by atoms with Gasteiger partial charge in [-0.25, -0.2) is 4.39 Å². The van der Waals surface area contributed by atoms with E-state index < -0.39 is 0 Å². The van der Waals surface area contributed by atoms with Crippen LogP contribution in [0.1, 0.15) is 31.9 Å². The predicted octanol–water partition coefficient (Wildman–Crippen LogP) is 5.32. The lowest BCUT2D eigenvalue weighted by Gasteiger charge is -2.18. The lowest BCUT2D eigenvalue weighted by atomic mass is 9.95. The smallest absolute Gasteiger partial charge is 0.123 e. The van der Waals surface area contributed by atoms with Gasteiger partial charge < -0.3 is 5.32 Å². The first kappa shape index (κ1) is 15.2. The van der Waals surface area contributed by atoms with Gasteiger partial charge in [-0.05, 0) is 60.8 Å². The number of benzene rings is 2. The molecule has 0 aliphatic carbocycles. The maximum atomic E-state index is 13.6. The van der Waals surface area contributed by atoms with Crippen LogP contribution in [-0.2, 0) is 0 Å². The minimum Gasteiger partial charge on any atom is -0.310 e. The second kappa shape index (κ2) is 7.00. The number of hydrogen-bond donors (Lipinski definition) is 1. The van der Waals surface area contributed by atoms with Crippen LogP contribution < -0.4 is 5.32 Å². The summed E-state index contributed by atoms with van der Waals surface area (Å²) in [6.07, 6.45) is 1.08. The Kier molecular flexibility index (Phi) is 5.32. The predicted molar refractivity (Wildman–Crippen MR) is 86.2 cm³/mol. The van der Waals surface area contributed by atoms with Crippen LogP contribution >= 0.6 is 15.9 Å². The molecule has 0 saturated carbocycles. The summed E-state index contributed by atoms with van der Waals surface area (Å²) in [7, 11) is 0. The summed E-state index contributed by atoms with van der Waals surface area (Å²) in [5, 5.41) is 3.46. The highest BCUT2D eigenvalue weighted by Gasteiger charge is 2.12. The lowest BCUT2D eigenvalue weighted by Crippen LogP contribution is -2.20. The van der Waals surface area contributed by atoms with E-state index in [4.69, 9.17) is 0 Å². The number of rotatable bonds is 5. The fourth-order valence-electron chi connectivity index (χ4n) is 2.26. The van der Waals surface area contributed by atoms with E-state index in [1.807, 2.05) is 30.3 Å². The van der Waals surface area contributed by atoms with E-state index in [-0.39, 0.29) is 11.9 Å². The molecule has 0 fully saturated rings. The maximum Gasteiger partial charge on any atom is 0.123 e. The first-order valence-electron chi connectivity index (χ1n) is 6.90. The summed E-state index contributed by atoms with van der Waals surface area (Å²) in [4.78, 5) is 0. The van der Waals surface area contributed by atoms with Crippen LogP contribution in [-0.4, -0.2) is 6.54 Å². The van der Waals surface area contributed by atoms with Crippen molar-refractivity contribution in [2.24, 2.45) is 0 Å². The molecule has 0 aliphatic rings. The molecular formula is C17H19BrFN. The van der Waals surface area contributed by atoms with Crippen molar-refractivity contribution in [3.8, 4) is 11.1 Å². The summed E-state index contributed by atoms with van der Waals surface area (Å²) in [5.41, 5.74) is 3.11. The summed E-state index contributed by atoms with van der Waals surface area (Å²) < 4.78 is 14.6. The fourth-order valence-corrected chi connectivity index (χ4v) is 2.52. The van der Waals surface area contributed by atoms with Gasteiger partial charge in [-0.3, -0.25) is 0 Å². The van der Waals surface area contributed by atoms with Crippen LogP contribution in [0, 0.1) is 5.82 Å². The molecule has 0 heterocycles. The highest BCUT2D eigenvalue weighted by molar-refractivity contribution is 9.10. The normalized spacial score (nSPS) is 12.4. The zero-order chi connectivity index (χ0) is 14.5. The highest BCUT2D eigenvalue weighted by Crippen LogP contribution is 2.30. The van der Waals surface area contributed by atoms with Crippen LogP contribution in [0.15, 0.2) is 46.9 Å². The van der Waals surface area contributed by atoms with E-state index in [0.717, 1.165) is 34.1 Å². The van der Waals surface area contributed by atoms with E-state index in [0.29, 0.717) is 0 Å². The molecule has 3 heteroatoms. The van der Waals surface area contributed by atoms with Gasteiger partial charge in [0, 0.05) is 10.5 Å². The highest BCUT2D eigenvalue weighted by atomic mass is 79.9. The fraction of sp³-hybridized carbons (Fsp3) is 0.294. The van der Waals surface area contributed by atoms with E-state index in [2.05, 4.69) is 35.1 Å². The van der Waals surface area contributed by atoms with E-state index in [1.165, 1.54) is 6.07 Å². The van der Waals surface area contributed by atoms with Crippen molar-refractivity contribution >= 4 is 15.9 Å². The van der Waals surface area contributed by atoms with Gasteiger partial charge in [0.25, 0.3) is 0 Å². The molecule has 1 unspecified atom stereocenters. The van der Waals surface area contributed by atoms with E-state index in [9.17, 15) is 4.39 Å². The summed E-state index contributed by atoms with van der Waals surface area (Å²) >= 11 is 3.43. The molecule has 0 radical (unpaired) electrons. The molecule has 1 atom stereocenters. The second-order valence-electron chi connectivity index (χ2n) is 4.91. The van der Waals surface area contributed by atoms with Gasteiger partial charge in [0.2, 0.25) is 0 Å². The third-order valence-corrected chi connectivity index (χ3v) is 3.87. The summed E-state index contributed by atoms with van der Waals surface area (Å²) in [6, 6.07) is 13.2. The maximum absolute atomic E-state index is 13.6. The molecule has 0 saturated heterocycles. The topological polar surface area (TPSA) is 12.0 Å². The third-order valence-electron chi connectivity index (χ3n) is 3.34. The van der Waals surface area contributed by atoms with Gasteiger partial charge in [0.15, 0.2) is 0 Å². The largest absolute Gasteiger partial charge is 0.310 e. The second-order valence-corrected chi connectivity index (χ2v) is 5.83. The Morgan fingerprint density at radius 1 is 1.15 bits per heavy atom. The molecule has 2 aromatic rings. The first-order chi connectivity index (χ1) is 9.61. The van der Waals surface area contributed by atoms with Crippen molar-refractivity contribution in [2.45, 2.75) is 26.3 Å². The molecule has 2 aromatic carbocycles. The number of hydrogen-bond acceptors (Lipinski definition) is 1. The zero-order valence-electron chi connectivity index (χ0n) is 11.8. The van der Waals surface area contributed by atoms with Gasteiger partial charge in [0.05, 0.1) is 0 Å². The van der Waals surface area contributed by atoms with Crippen molar-refractivity contribution in [2.75, 3.05) is 6.54 Å². The van der Waals surface area contributed by atoms with Crippen LogP contribution in [0.25, 0.3) is 11.1 Å². The number of halogens is 2. The van der Waals surface area contributed by atoms with Gasteiger partial charge in [-0.15, -0.1) is 0 Å². The monoisotopic (exact) mass is 335 g/mol. The van der Waals surface area contributed by atoms with Crippen molar-refractivity contribution in [3.63, 3.8) is 0 Å². The van der Waals surface area contributed by atoms with Gasteiger partial charge in [-0.2, -0.15) is 0 Å². The molecule has 2 rings (SSSR count). The van der Waals surface area contributed by atoms with E-state index >= 15 is 0 Å². The van der Waals surface area contributed by atoms with Crippen LogP contribution in [0.2, 0.25) is 0 Å². The van der Waals surface area contributed by atoms with Crippen molar-refractivity contribution < 1.29 is 4.39 Å². The minimum absolute atomic E-state index is 0.200. The molecule has 1 nitrogen and oxygen atoms in total. The lowest BCUT2D eigenvalue weighted by molar-refractivity contribution is 0.569. The Balaban J connectivity index is 2.40. The summed E-state index contributed by atoms with van der Waals surface area (Å²) in [5.74, 6) is -0.200. The molecule has 106 valence electrons. The van der Waals surface area contributed by atoms with Crippen LogP contribution in [0.5, 0.6) is 0 Å². The van der Waals surface area contributed by atoms with Gasteiger partial charge >= 0.3 is 0 Å². The Bertz CT molecular complexity index is 566. The molecule has 20 heavy (non-hydrogen) atoms. The molecule has 0 aliphatic heterocycles. The SMILES string of the molecule is CCCNC(C)c1ccc(F)cc1-c1ccc(Br)cc1. The zero-order valence-corrected chi connectivity index (χ0v) is 13.4. The Morgan fingerprint density at radius 2 is 1.85 bits per heavy atom. The number of nitrogens with one attached hydrogen (secondary N) is 1. The van der Waals surface area contributed by atoms with Crippen molar-refractivity contribution in [3.05, 3.63) is 58.3 Å². The molecule has 0 spiro atoms. The minimum atomic E-state index is -0.200. The quantitative estimate of drug-likeness (QED) is 0.780. The van der Waals surface area contributed by atoms with Crippen molar-refractivity contribution in [1.29, 1.82) is 0 Å². The van der Waals surface area contributed by atoms with Gasteiger partial charge in [-0.1, -0.05) is 41.1 Å². The molecule has 0 aromatic heterocycles. The van der Waals surface area contributed by atoms with Gasteiger partial charge in [0.1, 0.15) is 5.82 Å². The third kappa shape index (κ3) is 3.68. The standard InChI is InChI=1S/C17H19BrFN/c1-3-10-20-12(2)16-9-8-15(19)11-17(16)13-4-6-14(18)7-5-13/h4-9,11-12,20H,3,10H2,1-2H3. The molecule has 0 bridgehead atoms. The molecular weight excluding hydrogens is 317 g/mol. The van der Waals surface area contributed by atoms with Crippen molar-refractivity contribution in [1.82, 2.24) is 5.32 Å². The van der Waals surface area contributed by atoms with Crippen LogP contribution in [0.4, 0.5) is 4.39 Å². The Hall–Kier alpha value is -1.19. The summed E-state index contributed by atoms with van der Waals surface area (Å²) in [6.45, 7) is 5.21. The molecule has 0 amide bonds. The first-order valence-corrected chi connectivity index (χ1v) is 7.70. The average molecular weight is 336 g/mol. The average Bonchev–Trinajstić information content (AvgIpc) is 2.45. The Labute approximate surface area is 128 Å². The Morgan fingerprint density at radius 3 is 2.50 bits per heavy atom. The molecule has 1 N–H and O–H groups in total. The van der Waals surface area contributed by atoms with E-state index in [1.54, 1.807) is 6.07 Å².